The van der Waals surface area contributed by atoms with Crippen molar-refractivity contribution in [1.29, 1.82) is 0 Å². The lowest BCUT2D eigenvalue weighted by atomic mass is 10.3. The van der Waals surface area contributed by atoms with Crippen molar-refractivity contribution in [2.45, 2.75) is 19.4 Å². The van der Waals surface area contributed by atoms with Crippen LogP contribution in [0.1, 0.15) is 13.3 Å². The van der Waals surface area contributed by atoms with Gasteiger partial charge in [-0.15, -0.1) is 0 Å². The maximum absolute atomic E-state index is 3.83. The smallest absolute Gasteiger partial charge is 0.0676 e. The molecule has 7 heavy (non-hydrogen) atoms. The quantitative estimate of drug-likeness (QED) is 0.445. The van der Waals surface area contributed by atoms with E-state index in [4.69, 9.17) is 0 Å². The van der Waals surface area contributed by atoms with Crippen molar-refractivity contribution >= 4 is 0 Å². The van der Waals surface area contributed by atoms with Crippen molar-refractivity contribution in [2.75, 3.05) is 7.05 Å². The van der Waals surface area contributed by atoms with E-state index >= 15 is 0 Å². The topological polar surface area (TPSA) is 3.01 Å². The molecule has 0 bridgehead atoms. The standard InChI is InChI=1S/C6H11N/c1-4-6-5(2)7(6)3/h6H,2,4H2,1,3H3. The second-order valence-corrected chi connectivity index (χ2v) is 2.03. The fourth-order valence-corrected chi connectivity index (χ4v) is 0.913. The Hall–Kier alpha value is -0.460. The molecule has 0 saturated carbocycles. The first kappa shape index (κ1) is 4.69. The Labute approximate surface area is 44.6 Å². The molecule has 40 valence electrons. The number of nitrogens with zero attached hydrogens (tertiary/aromatic N) is 1. The van der Waals surface area contributed by atoms with Gasteiger partial charge in [0.25, 0.3) is 0 Å². The summed E-state index contributed by atoms with van der Waals surface area (Å²) in [5.74, 6) is 0. The minimum absolute atomic E-state index is 0.708. The molecule has 1 aliphatic heterocycles. The highest BCUT2D eigenvalue weighted by atomic mass is 15.3. The number of likely N-dealkylation sites (N-methyl/N-ethyl adjacent to an activating group) is 1. The third kappa shape index (κ3) is 0.521. The Kier molecular flexibility index (Phi) is 0.841. The molecule has 0 amide bonds. The second kappa shape index (κ2) is 1.25. The van der Waals surface area contributed by atoms with Gasteiger partial charge in [0, 0.05) is 12.7 Å². The number of rotatable bonds is 1. The molecule has 0 aromatic carbocycles. The fraction of sp³-hybridized carbons (Fsp3) is 0.667. The molecular weight excluding hydrogens is 86.1 g/mol. The van der Waals surface area contributed by atoms with Gasteiger partial charge >= 0.3 is 0 Å². The summed E-state index contributed by atoms with van der Waals surface area (Å²) in [4.78, 5) is 2.19. The van der Waals surface area contributed by atoms with E-state index in [0.717, 1.165) is 0 Å². The van der Waals surface area contributed by atoms with Gasteiger partial charge < -0.3 is 4.90 Å². The zero-order valence-electron chi connectivity index (χ0n) is 4.94. The third-order valence-electron chi connectivity index (χ3n) is 1.62. The van der Waals surface area contributed by atoms with E-state index in [0.29, 0.717) is 6.04 Å². The molecule has 1 unspecified atom stereocenters. The van der Waals surface area contributed by atoms with Crippen molar-refractivity contribution in [3.05, 3.63) is 12.3 Å². The summed E-state index contributed by atoms with van der Waals surface area (Å²) in [5, 5.41) is 0. The normalized spacial score (nSPS) is 28.6. The van der Waals surface area contributed by atoms with Gasteiger partial charge in [-0.3, -0.25) is 0 Å². The lowest BCUT2D eigenvalue weighted by molar-refractivity contribution is 0.612. The van der Waals surface area contributed by atoms with Gasteiger partial charge in [-0.1, -0.05) is 13.5 Å². The highest BCUT2D eigenvalue weighted by molar-refractivity contribution is 5.20. The van der Waals surface area contributed by atoms with Crippen molar-refractivity contribution < 1.29 is 0 Å². The molecule has 0 aliphatic carbocycles. The molecule has 1 nitrogen and oxygen atoms in total. The van der Waals surface area contributed by atoms with Crippen LogP contribution in [-0.2, 0) is 0 Å². The summed E-state index contributed by atoms with van der Waals surface area (Å²) >= 11 is 0. The summed E-state index contributed by atoms with van der Waals surface area (Å²) in [6.07, 6.45) is 1.22. The van der Waals surface area contributed by atoms with Crippen molar-refractivity contribution in [1.82, 2.24) is 4.90 Å². The monoisotopic (exact) mass is 97.1 g/mol. The molecule has 1 fully saturated rings. The van der Waals surface area contributed by atoms with Crippen molar-refractivity contribution in [3.8, 4) is 0 Å². The molecule has 0 aromatic rings. The highest BCUT2D eigenvalue weighted by Crippen LogP contribution is 2.30. The zero-order chi connectivity index (χ0) is 5.44. The van der Waals surface area contributed by atoms with Crippen LogP contribution in [-0.4, -0.2) is 18.0 Å². The molecule has 1 rings (SSSR count). The lowest BCUT2D eigenvalue weighted by Gasteiger charge is -1.83. The summed E-state index contributed by atoms with van der Waals surface area (Å²) < 4.78 is 0. The van der Waals surface area contributed by atoms with Crippen LogP contribution in [0.15, 0.2) is 12.3 Å². The van der Waals surface area contributed by atoms with Gasteiger partial charge in [0.1, 0.15) is 0 Å². The first-order valence-corrected chi connectivity index (χ1v) is 2.69. The van der Waals surface area contributed by atoms with Crippen LogP contribution in [0.2, 0.25) is 0 Å². The van der Waals surface area contributed by atoms with E-state index in [2.05, 4.69) is 25.5 Å². The molecule has 1 atom stereocenters. The van der Waals surface area contributed by atoms with Gasteiger partial charge in [-0.2, -0.15) is 0 Å². The Balaban J connectivity index is 2.38. The fourth-order valence-electron chi connectivity index (χ4n) is 0.913. The van der Waals surface area contributed by atoms with Gasteiger partial charge in [-0.05, 0) is 6.42 Å². The number of hydrogen-bond donors (Lipinski definition) is 0. The van der Waals surface area contributed by atoms with Crippen molar-refractivity contribution in [3.63, 3.8) is 0 Å². The Bertz CT molecular complexity index is 96.4. The molecule has 1 aliphatic rings. The van der Waals surface area contributed by atoms with Gasteiger partial charge in [0.05, 0.1) is 6.04 Å². The minimum Gasteiger partial charge on any atom is -0.368 e. The van der Waals surface area contributed by atoms with E-state index in [1.807, 2.05) is 0 Å². The molecule has 0 N–H and O–H groups in total. The van der Waals surface area contributed by atoms with Gasteiger partial charge in [0.2, 0.25) is 0 Å². The molecule has 1 saturated heterocycles. The van der Waals surface area contributed by atoms with E-state index in [-0.39, 0.29) is 0 Å². The largest absolute Gasteiger partial charge is 0.368 e. The predicted molar refractivity (Wildman–Crippen MR) is 31.0 cm³/mol. The van der Waals surface area contributed by atoms with E-state index in [9.17, 15) is 0 Å². The minimum atomic E-state index is 0.708. The first-order chi connectivity index (χ1) is 3.27. The van der Waals surface area contributed by atoms with Crippen LogP contribution in [0.25, 0.3) is 0 Å². The van der Waals surface area contributed by atoms with Gasteiger partial charge in [-0.25, -0.2) is 0 Å². The molecule has 0 aromatic heterocycles. The molecule has 1 heteroatoms. The third-order valence-corrected chi connectivity index (χ3v) is 1.62. The summed E-state index contributed by atoms with van der Waals surface area (Å²) in [6.45, 7) is 6.01. The van der Waals surface area contributed by atoms with E-state index in [1.165, 1.54) is 12.1 Å². The summed E-state index contributed by atoms with van der Waals surface area (Å²) in [7, 11) is 2.08. The highest BCUT2D eigenvalue weighted by Gasteiger charge is 2.32. The molecule has 1 heterocycles. The molecule has 0 spiro atoms. The van der Waals surface area contributed by atoms with Gasteiger partial charge in [0.15, 0.2) is 0 Å². The maximum atomic E-state index is 3.83. The lowest BCUT2D eigenvalue weighted by Crippen LogP contribution is -1.88. The summed E-state index contributed by atoms with van der Waals surface area (Å²) in [5.41, 5.74) is 1.29. The predicted octanol–water partition coefficient (Wildman–Crippen LogP) is 1.22. The van der Waals surface area contributed by atoms with Crippen LogP contribution in [0.4, 0.5) is 0 Å². The average Bonchev–Trinajstić information content (AvgIpc) is 2.17. The Morgan fingerprint density at radius 3 is 2.29 bits per heavy atom. The second-order valence-electron chi connectivity index (χ2n) is 2.03. The van der Waals surface area contributed by atoms with Crippen LogP contribution in [0, 0.1) is 0 Å². The van der Waals surface area contributed by atoms with Crippen LogP contribution < -0.4 is 0 Å². The SMILES string of the molecule is C=C1C(CC)N1C. The average molecular weight is 97.2 g/mol. The maximum Gasteiger partial charge on any atom is 0.0676 e. The zero-order valence-corrected chi connectivity index (χ0v) is 4.94. The molecular formula is C6H11N. The van der Waals surface area contributed by atoms with E-state index in [1.54, 1.807) is 0 Å². The van der Waals surface area contributed by atoms with Crippen LogP contribution in [0.5, 0.6) is 0 Å². The number of hydrogen-bond acceptors (Lipinski definition) is 1. The van der Waals surface area contributed by atoms with Crippen LogP contribution in [0.3, 0.4) is 0 Å². The first-order valence-electron chi connectivity index (χ1n) is 2.69. The Morgan fingerprint density at radius 1 is 1.86 bits per heavy atom. The van der Waals surface area contributed by atoms with Crippen LogP contribution >= 0.6 is 0 Å². The molecule has 0 radical (unpaired) electrons. The van der Waals surface area contributed by atoms with E-state index < -0.39 is 0 Å². The van der Waals surface area contributed by atoms with Crippen molar-refractivity contribution in [2.24, 2.45) is 0 Å². The summed E-state index contributed by atoms with van der Waals surface area (Å²) in [6, 6.07) is 0.708. The Morgan fingerprint density at radius 2 is 2.29 bits per heavy atom.